The van der Waals surface area contributed by atoms with E-state index in [0.29, 0.717) is 18.1 Å². The molecule has 0 amide bonds. The summed E-state index contributed by atoms with van der Waals surface area (Å²) in [5.41, 5.74) is 1.48. The highest BCUT2D eigenvalue weighted by molar-refractivity contribution is 14.0. The van der Waals surface area contributed by atoms with Gasteiger partial charge in [0.25, 0.3) is 0 Å². The Morgan fingerprint density at radius 3 is 2.50 bits per heavy atom. The Morgan fingerprint density at radius 2 is 1.92 bits per heavy atom. The topological polar surface area (TPSA) is 48.9 Å². The van der Waals surface area contributed by atoms with Crippen LogP contribution >= 0.6 is 24.0 Å². The summed E-state index contributed by atoms with van der Waals surface area (Å²) in [6.45, 7) is 2.53. The molecule has 0 atom stereocenters. The number of hydrogen-bond acceptors (Lipinski definition) is 3. The van der Waals surface area contributed by atoms with Gasteiger partial charge in [-0.3, -0.25) is 4.99 Å². The lowest BCUT2D eigenvalue weighted by atomic mass is 10.1. The molecule has 0 spiro atoms. The van der Waals surface area contributed by atoms with Gasteiger partial charge in [0.2, 0.25) is 0 Å². The fourth-order valence-corrected chi connectivity index (χ4v) is 2.10. The molecule has 0 saturated carbocycles. The van der Waals surface area contributed by atoms with Gasteiger partial charge >= 0.3 is 6.18 Å². The molecule has 0 aromatic heterocycles. The lowest BCUT2D eigenvalue weighted by molar-refractivity contribution is -0.153. The molecule has 0 radical (unpaired) electrons. The second-order valence-corrected chi connectivity index (χ2v) is 6.02. The third-order valence-electron chi connectivity index (χ3n) is 3.36. The summed E-state index contributed by atoms with van der Waals surface area (Å²) in [7, 11) is 5.66. The summed E-state index contributed by atoms with van der Waals surface area (Å²) >= 11 is 0. The van der Waals surface area contributed by atoms with E-state index in [2.05, 4.69) is 20.5 Å². The van der Waals surface area contributed by atoms with Gasteiger partial charge in [-0.25, -0.2) is 0 Å². The summed E-state index contributed by atoms with van der Waals surface area (Å²) in [4.78, 5) is 6.20. The molecule has 9 heteroatoms. The van der Waals surface area contributed by atoms with Crippen LogP contribution in [0.3, 0.4) is 0 Å². The molecule has 0 aliphatic carbocycles. The van der Waals surface area contributed by atoms with Crippen LogP contribution in [0.15, 0.2) is 23.2 Å². The van der Waals surface area contributed by atoms with E-state index >= 15 is 0 Å². The molecule has 0 saturated heterocycles. The summed E-state index contributed by atoms with van der Waals surface area (Å²) in [6.07, 6.45) is -3.41. The maximum absolute atomic E-state index is 12.4. The lowest BCUT2D eigenvalue weighted by Gasteiger charge is -2.16. The molecule has 5 nitrogen and oxygen atoms in total. The maximum atomic E-state index is 12.4. The van der Waals surface area contributed by atoms with Crippen molar-refractivity contribution in [2.24, 2.45) is 4.99 Å². The molecule has 1 aromatic rings. The molecule has 0 aliphatic rings. The number of nitrogens with zero attached hydrogens (tertiary/aromatic N) is 2. The first-order valence-electron chi connectivity index (χ1n) is 8.09. The number of benzene rings is 1. The molecule has 0 heterocycles. The maximum Gasteiger partial charge on any atom is 0.422 e. The highest BCUT2D eigenvalue weighted by Gasteiger charge is 2.28. The van der Waals surface area contributed by atoms with E-state index in [0.717, 1.165) is 25.1 Å². The lowest BCUT2D eigenvalue weighted by Crippen LogP contribution is -2.38. The van der Waals surface area contributed by atoms with Crippen molar-refractivity contribution in [3.05, 3.63) is 29.3 Å². The van der Waals surface area contributed by atoms with Gasteiger partial charge in [-0.2, -0.15) is 13.2 Å². The average Bonchev–Trinajstić information content (AvgIpc) is 2.52. The monoisotopic (exact) mass is 488 g/mol. The Morgan fingerprint density at radius 1 is 1.23 bits per heavy atom. The SMILES string of the molecule is CN=C(NCCCN(C)C)NCc1ccc(C)cc1OCC(F)(F)F.I. The molecule has 1 rings (SSSR count). The zero-order valence-electron chi connectivity index (χ0n) is 15.6. The minimum absolute atomic E-state index is 0. The van der Waals surface area contributed by atoms with Gasteiger partial charge in [-0.1, -0.05) is 12.1 Å². The standard InChI is InChI=1S/C17H27F3N4O.HI/c1-13-6-7-14(15(10-13)25-12-17(18,19)20)11-23-16(21-2)22-8-5-9-24(3)4;/h6-7,10H,5,8-9,11-12H2,1-4H3,(H2,21,22,23);1H. The molecule has 0 bridgehead atoms. The molecule has 0 aliphatic heterocycles. The summed E-state index contributed by atoms with van der Waals surface area (Å²) in [6, 6.07) is 5.20. The van der Waals surface area contributed by atoms with Gasteiger partial charge < -0.3 is 20.3 Å². The third-order valence-corrected chi connectivity index (χ3v) is 3.36. The molecule has 1 aromatic carbocycles. The first-order chi connectivity index (χ1) is 11.7. The van der Waals surface area contributed by atoms with Crippen molar-refractivity contribution in [2.75, 3.05) is 40.8 Å². The fraction of sp³-hybridized carbons (Fsp3) is 0.588. The number of guanidine groups is 1. The van der Waals surface area contributed by atoms with Crippen molar-refractivity contribution in [1.82, 2.24) is 15.5 Å². The van der Waals surface area contributed by atoms with Crippen molar-refractivity contribution in [3.63, 3.8) is 0 Å². The van der Waals surface area contributed by atoms with Gasteiger partial charge in [-0.05, 0) is 45.6 Å². The third kappa shape index (κ3) is 10.7. The molecule has 26 heavy (non-hydrogen) atoms. The van der Waals surface area contributed by atoms with Gasteiger partial charge in [0, 0.05) is 25.7 Å². The number of rotatable bonds is 8. The Bertz CT molecular complexity index is 565. The first-order valence-corrected chi connectivity index (χ1v) is 8.09. The zero-order valence-corrected chi connectivity index (χ0v) is 17.9. The van der Waals surface area contributed by atoms with Crippen LogP contribution in [-0.2, 0) is 6.54 Å². The normalized spacial score (nSPS) is 11.9. The van der Waals surface area contributed by atoms with Crippen LogP contribution in [0.25, 0.3) is 0 Å². The smallest absolute Gasteiger partial charge is 0.422 e. The molecular weight excluding hydrogens is 460 g/mol. The second kappa shape index (κ2) is 12.2. The van der Waals surface area contributed by atoms with Crippen LogP contribution < -0.4 is 15.4 Å². The van der Waals surface area contributed by atoms with E-state index in [-0.39, 0.29) is 29.7 Å². The minimum Gasteiger partial charge on any atom is -0.484 e. The number of ether oxygens (including phenoxy) is 1. The molecular formula is C17H28F3IN4O. The van der Waals surface area contributed by atoms with Gasteiger partial charge in [0.15, 0.2) is 12.6 Å². The minimum atomic E-state index is -4.36. The Labute approximate surface area is 170 Å². The number of nitrogens with one attached hydrogen (secondary N) is 2. The van der Waals surface area contributed by atoms with Crippen molar-refractivity contribution >= 4 is 29.9 Å². The van der Waals surface area contributed by atoms with Crippen molar-refractivity contribution in [1.29, 1.82) is 0 Å². The van der Waals surface area contributed by atoms with E-state index in [1.165, 1.54) is 0 Å². The Hall–Kier alpha value is -1.23. The Balaban J connectivity index is 0.00000625. The molecule has 2 N–H and O–H groups in total. The highest BCUT2D eigenvalue weighted by Crippen LogP contribution is 2.23. The van der Waals surface area contributed by atoms with Crippen LogP contribution in [0.1, 0.15) is 17.5 Å². The average molecular weight is 488 g/mol. The van der Waals surface area contributed by atoms with Crippen LogP contribution in [-0.4, -0.2) is 57.9 Å². The van der Waals surface area contributed by atoms with Crippen molar-refractivity contribution in [3.8, 4) is 5.75 Å². The van der Waals surface area contributed by atoms with Crippen LogP contribution in [0, 0.1) is 6.92 Å². The summed E-state index contributed by atoms with van der Waals surface area (Å²) in [5, 5.41) is 6.27. The van der Waals surface area contributed by atoms with E-state index in [1.54, 1.807) is 19.2 Å². The van der Waals surface area contributed by atoms with Crippen molar-refractivity contribution in [2.45, 2.75) is 26.1 Å². The molecule has 150 valence electrons. The largest absolute Gasteiger partial charge is 0.484 e. The quantitative estimate of drug-likeness (QED) is 0.256. The van der Waals surface area contributed by atoms with E-state index in [4.69, 9.17) is 4.74 Å². The predicted molar refractivity (Wildman–Crippen MR) is 110 cm³/mol. The van der Waals surface area contributed by atoms with Crippen LogP contribution in [0.2, 0.25) is 0 Å². The summed E-state index contributed by atoms with van der Waals surface area (Å²) < 4.78 is 42.1. The van der Waals surface area contributed by atoms with Crippen LogP contribution in [0.4, 0.5) is 13.2 Å². The van der Waals surface area contributed by atoms with E-state index < -0.39 is 12.8 Å². The fourth-order valence-electron chi connectivity index (χ4n) is 2.10. The second-order valence-electron chi connectivity index (χ2n) is 6.02. The van der Waals surface area contributed by atoms with Crippen molar-refractivity contribution < 1.29 is 17.9 Å². The molecule has 0 unspecified atom stereocenters. The number of alkyl halides is 3. The van der Waals surface area contributed by atoms with E-state index in [9.17, 15) is 13.2 Å². The van der Waals surface area contributed by atoms with Gasteiger partial charge in [0.1, 0.15) is 5.75 Å². The van der Waals surface area contributed by atoms with Gasteiger partial charge in [-0.15, -0.1) is 24.0 Å². The van der Waals surface area contributed by atoms with Crippen LogP contribution in [0.5, 0.6) is 5.75 Å². The zero-order chi connectivity index (χ0) is 18.9. The number of hydrogen-bond donors (Lipinski definition) is 2. The van der Waals surface area contributed by atoms with E-state index in [1.807, 2.05) is 27.1 Å². The van der Waals surface area contributed by atoms with Gasteiger partial charge in [0.05, 0.1) is 0 Å². The predicted octanol–water partition coefficient (Wildman–Crippen LogP) is 3.17. The highest BCUT2D eigenvalue weighted by atomic mass is 127. The number of halogens is 4. The summed E-state index contributed by atoms with van der Waals surface area (Å²) in [5.74, 6) is 0.828. The molecule has 0 fully saturated rings. The Kier molecular flexibility index (Phi) is 11.6. The first kappa shape index (κ1) is 24.8. The number of aryl methyl sites for hydroxylation is 1. The number of aliphatic imine (C=N–C) groups is 1.